The van der Waals surface area contributed by atoms with E-state index in [9.17, 15) is 14.4 Å². The van der Waals surface area contributed by atoms with Crippen LogP contribution in [-0.2, 0) is 15.0 Å². The predicted molar refractivity (Wildman–Crippen MR) is 105 cm³/mol. The Labute approximate surface area is 158 Å². The molecular weight excluding hydrogens is 340 g/mol. The van der Waals surface area contributed by atoms with Crippen molar-refractivity contribution in [2.24, 2.45) is 0 Å². The molecule has 0 aromatic heterocycles. The quantitative estimate of drug-likeness (QED) is 0.650. The first-order valence-corrected chi connectivity index (χ1v) is 8.75. The van der Waals surface area contributed by atoms with Gasteiger partial charge in [0.25, 0.3) is 11.8 Å². The molecule has 0 unspecified atom stereocenters. The average molecular weight is 362 g/mol. The average Bonchev–Trinajstić information content (AvgIpc) is 2.58. The van der Waals surface area contributed by atoms with Crippen LogP contribution in [0.2, 0.25) is 0 Å². The van der Waals surface area contributed by atoms with E-state index in [2.05, 4.69) is 26.1 Å². The van der Waals surface area contributed by atoms with Gasteiger partial charge in [-0.2, -0.15) is 0 Å². The third-order valence-corrected chi connectivity index (χ3v) is 4.45. The highest BCUT2D eigenvalue weighted by Gasteiger charge is 2.36. The third kappa shape index (κ3) is 3.82. The minimum atomic E-state index is -0.740. The molecule has 1 heterocycles. The maximum atomic E-state index is 12.9. The van der Waals surface area contributed by atoms with Crippen LogP contribution in [0, 0.1) is 6.92 Å². The highest BCUT2D eigenvalue weighted by Crippen LogP contribution is 2.25. The van der Waals surface area contributed by atoms with Crippen LogP contribution in [0.5, 0.6) is 0 Å². The Hall–Kier alpha value is -3.21. The molecule has 3 rings (SSSR count). The van der Waals surface area contributed by atoms with Gasteiger partial charge in [-0.25, -0.2) is 9.69 Å². The zero-order chi connectivity index (χ0) is 19.8. The molecule has 4 amide bonds. The molecule has 0 aliphatic carbocycles. The topological polar surface area (TPSA) is 66.5 Å². The molecule has 1 N–H and O–H groups in total. The maximum absolute atomic E-state index is 12.9. The number of nitrogens with one attached hydrogen (secondary N) is 1. The lowest BCUT2D eigenvalue weighted by molar-refractivity contribution is -0.122. The van der Waals surface area contributed by atoms with E-state index in [1.165, 1.54) is 6.08 Å². The molecule has 5 heteroatoms. The first-order valence-electron chi connectivity index (χ1n) is 8.75. The van der Waals surface area contributed by atoms with E-state index < -0.39 is 17.8 Å². The Balaban J connectivity index is 1.97. The fraction of sp³-hybridized carbons (Fsp3) is 0.227. The van der Waals surface area contributed by atoms with Gasteiger partial charge in [-0.15, -0.1) is 0 Å². The first-order chi connectivity index (χ1) is 12.7. The number of carbonyl (C=O) groups excluding carboxylic acids is 3. The smallest absolute Gasteiger partial charge is 0.273 e. The van der Waals surface area contributed by atoms with Crippen molar-refractivity contribution in [3.05, 3.63) is 70.8 Å². The summed E-state index contributed by atoms with van der Waals surface area (Å²) in [5.74, 6) is -1.32. The van der Waals surface area contributed by atoms with Crippen LogP contribution in [0.3, 0.4) is 0 Å². The molecule has 1 fully saturated rings. The zero-order valence-corrected chi connectivity index (χ0v) is 15.9. The Morgan fingerprint density at radius 3 is 2.22 bits per heavy atom. The standard InChI is InChI=1S/C22H22N2O3/c1-14-6-5-7-17(12-14)24-20(26)18(19(25)23-21(24)27)13-15-8-10-16(11-9-15)22(2,3)4/h5-13H,1-4H3,(H,23,25,27)/b18-13+. The molecule has 27 heavy (non-hydrogen) atoms. The minimum absolute atomic E-state index is 0.0120. The summed E-state index contributed by atoms with van der Waals surface area (Å²) in [6.07, 6.45) is 1.51. The molecule has 138 valence electrons. The van der Waals surface area contributed by atoms with Crippen LogP contribution in [0.4, 0.5) is 10.5 Å². The maximum Gasteiger partial charge on any atom is 0.335 e. The monoisotopic (exact) mass is 362 g/mol. The minimum Gasteiger partial charge on any atom is -0.273 e. The lowest BCUT2D eigenvalue weighted by atomic mass is 9.86. The van der Waals surface area contributed by atoms with E-state index in [0.717, 1.165) is 21.6 Å². The van der Waals surface area contributed by atoms with Crippen molar-refractivity contribution in [1.82, 2.24) is 5.32 Å². The molecule has 0 bridgehead atoms. The van der Waals surface area contributed by atoms with Crippen LogP contribution in [0.15, 0.2) is 54.1 Å². The van der Waals surface area contributed by atoms with Crippen molar-refractivity contribution in [1.29, 1.82) is 0 Å². The largest absolute Gasteiger partial charge is 0.335 e. The summed E-state index contributed by atoms with van der Waals surface area (Å²) in [4.78, 5) is 38.3. The van der Waals surface area contributed by atoms with Gasteiger partial charge < -0.3 is 0 Å². The van der Waals surface area contributed by atoms with Gasteiger partial charge in [0.1, 0.15) is 5.57 Å². The molecule has 1 saturated heterocycles. The molecule has 2 aromatic rings. The fourth-order valence-corrected chi connectivity index (χ4v) is 2.91. The van der Waals surface area contributed by atoms with E-state index in [0.29, 0.717) is 5.69 Å². The molecular formula is C22H22N2O3. The summed E-state index contributed by atoms with van der Waals surface area (Å²) in [7, 11) is 0. The van der Waals surface area contributed by atoms with Gasteiger partial charge in [0.05, 0.1) is 5.69 Å². The summed E-state index contributed by atoms with van der Waals surface area (Å²) in [5, 5.41) is 2.24. The number of imide groups is 2. The van der Waals surface area contributed by atoms with Crippen LogP contribution in [-0.4, -0.2) is 17.8 Å². The number of aryl methyl sites for hydroxylation is 1. The number of hydrogen-bond donors (Lipinski definition) is 1. The number of urea groups is 1. The highest BCUT2D eigenvalue weighted by atomic mass is 16.2. The normalized spacial score (nSPS) is 16.7. The van der Waals surface area contributed by atoms with Crippen LogP contribution < -0.4 is 10.2 Å². The third-order valence-electron chi connectivity index (χ3n) is 4.45. The van der Waals surface area contributed by atoms with Crippen LogP contribution >= 0.6 is 0 Å². The summed E-state index contributed by atoms with van der Waals surface area (Å²) < 4.78 is 0. The highest BCUT2D eigenvalue weighted by molar-refractivity contribution is 6.39. The van der Waals surface area contributed by atoms with Gasteiger partial charge in [-0.05, 0) is 47.2 Å². The number of rotatable bonds is 2. The number of hydrogen-bond acceptors (Lipinski definition) is 3. The number of nitrogens with zero attached hydrogens (tertiary/aromatic N) is 1. The predicted octanol–water partition coefficient (Wildman–Crippen LogP) is 3.96. The number of carbonyl (C=O) groups is 3. The molecule has 1 aliphatic rings. The lowest BCUT2D eigenvalue weighted by Crippen LogP contribution is -2.54. The second kappa shape index (κ2) is 6.83. The molecule has 0 spiro atoms. The summed E-state index contributed by atoms with van der Waals surface area (Å²) in [5.41, 5.74) is 3.16. The van der Waals surface area contributed by atoms with Crippen LogP contribution in [0.25, 0.3) is 6.08 Å². The van der Waals surface area contributed by atoms with E-state index >= 15 is 0 Å². The molecule has 0 atom stereocenters. The zero-order valence-electron chi connectivity index (χ0n) is 15.9. The SMILES string of the molecule is Cc1cccc(N2C(=O)NC(=O)/C(=C\c3ccc(C(C)(C)C)cc3)C2=O)c1. The van der Waals surface area contributed by atoms with Crippen molar-refractivity contribution >= 4 is 29.6 Å². The van der Waals surface area contributed by atoms with Crippen LogP contribution in [0.1, 0.15) is 37.5 Å². The van der Waals surface area contributed by atoms with Gasteiger partial charge in [0.2, 0.25) is 0 Å². The van der Waals surface area contributed by atoms with Crippen molar-refractivity contribution in [3.63, 3.8) is 0 Å². The van der Waals surface area contributed by atoms with Gasteiger partial charge in [-0.1, -0.05) is 57.2 Å². The van der Waals surface area contributed by atoms with Crippen molar-refractivity contribution in [2.75, 3.05) is 4.90 Å². The molecule has 0 saturated carbocycles. The van der Waals surface area contributed by atoms with Crippen molar-refractivity contribution in [3.8, 4) is 0 Å². The molecule has 2 aromatic carbocycles. The van der Waals surface area contributed by atoms with E-state index in [-0.39, 0.29) is 11.0 Å². The second-order valence-corrected chi connectivity index (χ2v) is 7.67. The van der Waals surface area contributed by atoms with Gasteiger partial charge >= 0.3 is 6.03 Å². The Morgan fingerprint density at radius 1 is 0.963 bits per heavy atom. The van der Waals surface area contributed by atoms with Crippen molar-refractivity contribution in [2.45, 2.75) is 33.1 Å². The molecule has 1 aliphatic heterocycles. The number of amides is 4. The van der Waals surface area contributed by atoms with Gasteiger partial charge in [-0.3, -0.25) is 14.9 Å². The summed E-state index contributed by atoms with van der Waals surface area (Å²) in [6, 6.07) is 13.9. The summed E-state index contributed by atoms with van der Waals surface area (Å²) in [6.45, 7) is 8.21. The second-order valence-electron chi connectivity index (χ2n) is 7.67. The van der Waals surface area contributed by atoms with E-state index in [1.54, 1.807) is 18.2 Å². The fourth-order valence-electron chi connectivity index (χ4n) is 2.91. The number of barbiturate groups is 1. The molecule has 0 radical (unpaired) electrons. The summed E-state index contributed by atoms with van der Waals surface area (Å²) >= 11 is 0. The number of anilines is 1. The Morgan fingerprint density at radius 2 is 1.63 bits per heavy atom. The van der Waals surface area contributed by atoms with Gasteiger partial charge in [0.15, 0.2) is 0 Å². The van der Waals surface area contributed by atoms with E-state index in [4.69, 9.17) is 0 Å². The van der Waals surface area contributed by atoms with E-state index in [1.807, 2.05) is 37.3 Å². The number of benzene rings is 2. The Kier molecular flexibility index (Phi) is 4.70. The van der Waals surface area contributed by atoms with Gasteiger partial charge in [0, 0.05) is 0 Å². The Bertz CT molecular complexity index is 950. The lowest BCUT2D eigenvalue weighted by Gasteiger charge is -2.26. The first kappa shape index (κ1) is 18.6. The molecule has 5 nitrogen and oxygen atoms in total. The van der Waals surface area contributed by atoms with Crippen molar-refractivity contribution < 1.29 is 14.4 Å².